The number of benzene rings is 1. The molecule has 0 aliphatic carbocycles. The third-order valence-electron chi connectivity index (χ3n) is 3.52. The van der Waals surface area contributed by atoms with Crippen molar-refractivity contribution in [2.45, 2.75) is 20.3 Å². The molecule has 0 saturated carbocycles. The van der Waals surface area contributed by atoms with Crippen molar-refractivity contribution >= 4 is 39.5 Å². The van der Waals surface area contributed by atoms with Gasteiger partial charge in [-0.2, -0.15) is 0 Å². The molecule has 0 bridgehead atoms. The summed E-state index contributed by atoms with van der Waals surface area (Å²) in [5.74, 6) is -0.843. The first-order chi connectivity index (χ1) is 11.0. The molecule has 6 heteroatoms. The van der Waals surface area contributed by atoms with Crippen molar-refractivity contribution in [1.82, 2.24) is 4.98 Å². The third-order valence-corrected chi connectivity index (χ3v) is 5.37. The van der Waals surface area contributed by atoms with Gasteiger partial charge >= 0.3 is 5.97 Å². The van der Waals surface area contributed by atoms with Crippen LogP contribution in [-0.2, 0) is 11.2 Å². The maximum Gasteiger partial charge on any atom is 0.308 e. The molecule has 0 aliphatic heterocycles. The number of thiazole rings is 1. The van der Waals surface area contributed by atoms with Crippen LogP contribution in [0.3, 0.4) is 0 Å². The molecule has 2 heterocycles. The lowest BCUT2D eigenvalue weighted by atomic mass is 10.1. The van der Waals surface area contributed by atoms with Gasteiger partial charge in [-0.25, -0.2) is 4.98 Å². The average molecular weight is 344 g/mol. The first-order valence-corrected chi connectivity index (χ1v) is 8.82. The van der Waals surface area contributed by atoms with E-state index in [9.17, 15) is 4.79 Å². The molecule has 3 aromatic rings. The molecule has 118 valence electrons. The quantitative estimate of drug-likeness (QED) is 0.694. The van der Waals surface area contributed by atoms with Crippen molar-refractivity contribution in [2.75, 3.05) is 5.32 Å². The van der Waals surface area contributed by atoms with Gasteiger partial charge in [0.25, 0.3) is 0 Å². The number of hydrogen-bond donors (Lipinski definition) is 2. The Kier molecular flexibility index (Phi) is 4.45. The Bertz CT molecular complexity index is 838. The molecule has 0 saturated heterocycles. The predicted octanol–water partition coefficient (Wildman–Crippen LogP) is 4.86. The van der Waals surface area contributed by atoms with E-state index in [4.69, 9.17) is 5.11 Å². The minimum absolute atomic E-state index is 0.0144. The molecule has 0 radical (unpaired) electrons. The number of thiophene rings is 1. The highest BCUT2D eigenvalue weighted by atomic mass is 32.1. The number of rotatable bonds is 5. The van der Waals surface area contributed by atoms with E-state index >= 15 is 0 Å². The van der Waals surface area contributed by atoms with E-state index in [1.54, 1.807) is 11.3 Å². The fourth-order valence-electron chi connectivity index (χ4n) is 2.21. The van der Waals surface area contributed by atoms with Gasteiger partial charge in [0, 0.05) is 10.6 Å². The Morgan fingerprint density at radius 2 is 2.09 bits per heavy atom. The van der Waals surface area contributed by atoms with Crippen molar-refractivity contribution < 1.29 is 9.90 Å². The molecule has 23 heavy (non-hydrogen) atoms. The van der Waals surface area contributed by atoms with Crippen LogP contribution in [0.2, 0.25) is 0 Å². The smallest absolute Gasteiger partial charge is 0.308 e. The number of hydrogen-bond acceptors (Lipinski definition) is 5. The van der Waals surface area contributed by atoms with Gasteiger partial charge in [-0.15, -0.1) is 22.7 Å². The number of anilines is 2. The van der Waals surface area contributed by atoms with E-state index in [1.165, 1.54) is 22.5 Å². The highest BCUT2D eigenvalue weighted by molar-refractivity contribution is 7.17. The predicted molar refractivity (Wildman–Crippen MR) is 96.0 cm³/mol. The summed E-state index contributed by atoms with van der Waals surface area (Å²) in [4.78, 5) is 17.5. The zero-order valence-corrected chi connectivity index (χ0v) is 14.4. The van der Waals surface area contributed by atoms with Gasteiger partial charge in [-0.3, -0.25) is 4.79 Å². The summed E-state index contributed by atoms with van der Waals surface area (Å²) in [5.41, 5.74) is 4.16. The van der Waals surface area contributed by atoms with Crippen LogP contribution in [0.4, 0.5) is 10.8 Å². The van der Waals surface area contributed by atoms with Crippen LogP contribution in [0.5, 0.6) is 0 Å². The monoisotopic (exact) mass is 344 g/mol. The molecule has 0 amide bonds. The molecule has 4 nitrogen and oxygen atoms in total. The molecular weight excluding hydrogens is 328 g/mol. The Balaban J connectivity index is 1.93. The minimum atomic E-state index is -0.843. The molecule has 1 aromatic carbocycles. The van der Waals surface area contributed by atoms with E-state index in [0.29, 0.717) is 5.13 Å². The van der Waals surface area contributed by atoms with Crippen LogP contribution >= 0.6 is 22.7 Å². The number of aryl methyl sites for hydroxylation is 2. The summed E-state index contributed by atoms with van der Waals surface area (Å²) in [6.45, 7) is 4.14. The van der Waals surface area contributed by atoms with Crippen LogP contribution in [0.25, 0.3) is 10.6 Å². The number of carboxylic acid groups (broad SMARTS) is 1. The molecule has 0 aliphatic rings. The largest absolute Gasteiger partial charge is 0.481 e. The van der Waals surface area contributed by atoms with Gasteiger partial charge in [-0.1, -0.05) is 12.1 Å². The Labute approximate surface area is 142 Å². The number of aliphatic carboxylic acids is 1. The van der Waals surface area contributed by atoms with E-state index in [0.717, 1.165) is 21.1 Å². The van der Waals surface area contributed by atoms with Crippen LogP contribution in [-0.4, -0.2) is 16.1 Å². The van der Waals surface area contributed by atoms with Crippen molar-refractivity contribution in [3.05, 3.63) is 51.7 Å². The lowest BCUT2D eigenvalue weighted by Gasteiger charge is -2.05. The topological polar surface area (TPSA) is 62.2 Å². The minimum Gasteiger partial charge on any atom is -0.481 e. The van der Waals surface area contributed by atoms with Gasteiger partial charge < -0.3 is 10.4 Å². The maximum atomic E-state index is 11.1. The zero-order valence-electron chi connectivity index (χ0n) is 12.8. The lowest BCUT2D eigenvalue weighted by Crippen LogP contribution is -1.98. The standard InChI is InChI=1S/C17H16N2O2S2/c1-10-5-6-12(8-11(10)2)18-17-19-16(13-4-3-7-22-13)14(23-17)9-15(20)21/h3-8H,9H2,1-2H3,(H,18,19)(H,20,21). The summed E-state index contributed by atoms with van der Waals surface area (Å²) < 4.78 is 0. The van der Waals surface area contributed by atoms with Crippen LogP contribution in [0.1, 0.15) is 16.0 Å². The second-order valence-corrected chi connectivity index (χ2v) is 7.29. The second kappa shape index (κ2) is 6.52. The lowest BCUT2D eigenvalue weighted by molar-refractivity contribution is -0.136. The molecule has 0 unspecified atom stereocenters. The SMILES string of the molecule is Cc1ccc(Nc2nc(-c3cccs3)c(CC(=O)O)s2)cc1C. The van der Waals surface area contributed by atoms with Crippen molar-refractivity contribution in [2.24, 2.45) is 0 Å². The molecule has 3 rings (SSSR count). The Morgan fingerprint density at radius 3 is 2.74 bits per heavy atom. The molecular formula is C17H16N2O2S2. The summed E-state index contributed by atoms with van der Waals surface area (Å²) in [6, 6.07) is 10.0. The molecule has 2 aromatic heterocycles. The first-order valence-electron chi connectivity index (χ1n) is 7.12. The molecule has 0 spiro atoms. The maximum absolute atomic E-state index is 11.1. The van der Waals surface area contributed by atoms with E-state index in [2.05, 4.69) is 36.3 Å². The fourth-order valence-corrected chi connectivity index (χ4v) is 4.00. The zero-order chi connectivity index (χ0) is 16.4. The van der Waals surface area contributed by atoms with E-state index < -0.39 is 5.97 Å². The van der Waals surface area contributed by atoms with Crippen molar-refractivity contribution in [3.63, 3.8) is 0 Å². The van der Waals surface area contributed by atoms with Crippen LogP contribution in [0.15, 0.2) is 35.7 Å². The Morgan fingerprint density at radius 1 is 1.26 bits per heavy atom. The molecule has 0 atom stereocenters. The summed E-state index contributed by atoms with van der Waals surface area (Å²) in [5, 5.41) is 15.1. The van der Waals surface area contributed by atoms with Gasteiger partial charge in [0.2, 0.25) is 0 Å². The number of nitrogens with zero attached hydrogens (tertiary/aromatic N) is 1. The molecule has 2 N–H and O–H groups in total. The van der Waals surface area contributed by atoms with Crippen molar-refractivity contribution in [1.29, 1.82) is 0 Å². The first kappa shape index (κ1) is 15.7. The highest BCUT2D eigenvalue weighted by Gasteiger charge is 2.16. The number of aromatic nitrogens is 1. The van der Waals surface area contributed by atoms with Crippen molar-refractivity contribution in [3.8, 4) is 10.6 Å². The fraction of sp³-hybridized carbons (Fsp3) is 0.176. The summed E-state index contributed by atoms with van der Waals surface area (Å²) in [7, 11) is 0. The third kappa shape index (κ3) is 3.60. The second-order valence-electron chi connectivity index (χ2n) is 5.26. The van der Waals surface area contributed by atoms with Gasteiger partial charge in [0.05, 0.1) is 17.0 Å². The van der Waals surface area contributed by atoms with Crippen LogP contribution in [0, 0.1) is 13.8 Å². The van der Waals surface area contributed by atoms with E-state index in [-0.39, 0.29) is 6.42 Å². The highest BCUT2D eigenvalue weighted by Crippen LogP contribution is 2.35. The van der Waals surface area contributed by atoms with E-state index in [1.807, 2.05) is 23.6 Å². The Hall–Kier alpha value is -2.18. The normalized spacial score (nSPS) is 10.7. The number of carbonyl (C=O) groups is 1. The average Bonchev–Trinajstić information content (AvgIpc) is 3.12. The van der Waals surface area contributed by atoms with Crippen LogP contribution < -0.4 is 5.32 Å². The summed E-state index contributed by atoms with van der Waals surface area (Å²) in [6.07, 6.45) is -0.0144. The molecule has 0 fully saturated rings. The van der Waals surface area contributed by atoms with Gasteiger partial charge in [0.15, 0.2) is 5.13 Å². The summed E-state index contributed by atoms with van der Waals surface area (Å²) >= 11 is 2.96. The number of nitrogens with one attached hydrogen (secondary N) is 1. The van der Waals surface area contributed by atoms with Gasteiger partial charge in [0.1, 0.15) is 0 Å². The van der Waals surface area contributed by atoms with Gasteiger partial charge in [-0.05, 0) is 48.6 Å². The number of carboxylic acids is 1.